The maximum Gasteiger partial charge on any atom is 0.305 e. The zero-order chi connectivity index (χ0) is 23.0. The normalized spacial score (nSPS) is 17.8. The molecule has 6 nitrogen and oxygen atoms in total. The molecule has 0 spiro atoms. The van der Waals surface area contributed by atoms with Crippen LogP contribution < -0.4 is 5.32 Å². The van der Waals surface area contributed by atoms with Gasteiger partial charge in [-0.05, 0) is 72.9 Å². The second kappa shape index (κ2) is 10.9. The molecule has 4 rings (SSSR count). The molecule has 33 heavy (non-hydrogen) atoms. The number of carbonyl (C=O) groups is 2. The van der Waals surface area contributed by atoms with Crippen molar-refractivity contribution < 1.29 is 14.3 Å². The third kappa shape index (κ3) is 6.25. The van der Waals surface area contributed by atoms with Crippen LogP contribution >= 0.6 is 0 Å². The molecule has 1 N–H and O–H groups in total. The molecule has 0 bridgehead atoms. The number of rotatable bonds is 7. The molecule has 0 saturated heterocycles. The summed E-state index contributed by atoms with van der Waals surface area (Å²) >= 11 is 0. The number of ether oxygens (including phenoxy) is 1. The summed E-state index contributed by atoms with van der Waals surface area (Å²) < 4.78 is 4.79. The fourth-order valence-corrected chi connectivity index (χ4v) is 4.44. The predicted octanol–water partition coefficient (Wildman–Crippen LogP) is 5.16. The molecule has 1 aliphatic carbocycles. The number of anilines is 1. The van der Waals surface area contributed by atoms with E-state index in [-0.39, 0.29) is 11.9 Å². The molecule has 1 aromatic heterocycles. The Balaban J connectivity index is 1.29. The lowest BCUT2D eigenvalue weighted by molar-refractivity contribution is -0.142. The number of aromatic nitrogens is 2. The fourth-order valence-electron chi connectivity index (χ4n) is 4.44. The van der Waals surface area contributed by atoms with Crippen LogP contribution in [0.3, 0.4) is 0 Å². The number of nitrogens with zero attached hydrogens (tertiary/aromatic N) is 2. The maximum absolute atomic E-state index is 12.6. The van der Waals surface area contributed by atoms with Crippen LogP contribution in [0.5, 0.6) is 0 Å². The highest BCUT2D eigenvalue weighted by Gasteiger charge is 2.24. The number of methoxy groups -OCH3 is 1. The van der Waals surface area contributed by atoms with Gasteiger partial charge in [0.1, 0.15) is 0 Å². The Morgan fingerprint density at radius 3 is 2.27 bits per heavy atom. The van der Waals surface area contributed by atoms with Crippen LogP contribution in [-0.4, -0.2) is 29.2 Å². The van der Waals surface area contributed by atoms with Crippen LogP contribution in [-0.2, 0) is 16.0 Å². The molecule has 2 aromatic carbocycles. The minimum atomic E-state index is -0.201. The lowest BCUT2D eigenvalue weighted by Crippen LogP contribution is -2.17. The van der Waals surface area contributed by atoms with E-state index in [1.807, 2.05) is 48.5 Å². The van der Waals surface area contributed by atoms with Gasteiger partial charge in [0.05, 0.1) is 12.8 Å². The summed E-state index contributed by atoms with van der Waals surface area (Å²) in [4.78, 5) is 24.1. The third-order valence-electron chi connectivity index (χ3n) is 6.36. The lowest BCUT2D eigenvalue weighted by atomic mass is 9.77. The molecular weight excluding hydrogens is 414 g/mol. The first-order valence-corrected chi connectivity index (χ1v) is 11.5. The molecule has 3 aromatic rings. The van der Waals surface area contributed by atoms with E-state index in [1.165, 1.54) is 18.2 Å². The Kier molecular flexibility index (Phi) is 7.45. The first-order valence-electron chi connectivity index (χ1n) is 11.5. The number of carbonyl (C=O) groups excluding carboxylic acids is 2. The van der Waals surface area contributed by atoms with E-state index in [0.717, 1.165) is 31.4 Å². The lowest BCUT2D eigenvalue weighted by Gasteiger charge is -2.28. The highest BCUT2D eigenvalue weighted by molar-refractivity contribution is 6.03. The molecule has 0 aliphatic heterocycles. The smallest absolute Gasteiger partial charge is 0.305 e. The van der Waals surface area contributed by atoms with Crippen molar-refractivity contribution in [2.45, 2.75) is 44.4 Å². The van der Waals surface area contributed by atoms with Gasteiger partial charge in [-0.15, -0.1) is 5.10 Å². The number of esters is 1. The molecular formula is C27H29N3O3. The number of nitrogens with one attached hydrogen (secondary N) is 1. The highest BCUT2D eigenvalue weighted by atomic mass is 16.5. The molecule has 0 radical (unpaired) electrons. The molecule has 6 heteroatoms. The van der Waals surface area contributed by atoms with Crippen LogP contribution in [0.4, 0.5) is 5.82 Å². The topological polar surface area (TPSA) is 81.2 Å². The van der Waals surface area contributed by atoms with E-state index in [0.29, 0.717) is 36.1 Å². The van der Waals surface area contributed by atoms with E-state index in [9.17, 15) is 9.59 Å². The zero-order valence-electron chi connectivity index (χ0n) is 18.9. The average Bonchev–Trinajstić information content (AvgIpc) is 2.86. The van der Waals surface area contributed by atoms with Crippen molar-refractivity contribution in [3.8, 4) is 0 Å². The Morgan fingerprint density at radius 1 is 0.909 bits per heavy atom. The minimum Gasteiger partial charge on any atom is -0.469 e. The highest BCUT2D eigenvalue weighted by Crippen LogP contribution is 2.37. The van der Waals surface area contributed by atoms with Crippen LogP contribution in [0.15, 0.2) is 66.7 Å². The van der Waals surface area contributed by atoms with Crippen molar-refractivity contribution >= 4 is 17.7 Å². The SMILES string of the molecule is COC(=O)CC1CCC(c2ccc(C(=O)Nc3ccc(Cc4ccccc4)nn3)cc2)CC1. The van der Waals surface area contributed by atoms with Gasteiger partial charge in [-0.25, -0.2) is 0 Å². The fraction of sp³-hybridized carbons (Fsp3) is 0.333. The summed E-state index contributed by atoms with van der Waals surface area (Å²) in [5, 5.41) is 11.2. The van der Waals surface area contributed by atoms with Crippen molar-refractivity contribution in [2.24, 2.45) is 5.92 Å². The van der Waals surface area contributed by atoms with Crippen LogP contribution in [0.25, 0.3) is 0 Å². The van der Waals surface area contributed by atoms with Gasteiger partial charge in [-0.1, -0.05) is 42.5 Å². The van der Waals surface area contributed by atoms with Gasteiger partial charge in [0.15, 0.2) is 5.82 Å². The number of amides is 1. The quantitative estimate of drug-likeness (QED) is 0.510. The number of hydrogen-bond donors (Lipinski definition) is 1. The van der Waals surface area contributed by atoms with Gasteiger partial charge in [0.25, 0.3) is 5.91 Å². The zero-order valence-corrected chi connectivity index (χ0v) is 18.9. The van der Waals surface area contributed by atoms with Crippen molar-refractivity contribution in [2.75, 3.05) is 12.4 Å². The molecule has 0 atom stereocenters. The van der Waals surface area contributed by atoms with Gasteiger partial charge < -0.3 is 10.1 Å². The van der Waals surface area contributed by atoms with E-state index < -0.39 is 0 Å². The first-order chi connectivity index (χ1) is 16.1. The number of benzene rings is 2. The van der Waals surface area contributed by atoms with Gasteiger partial charge in [-0.3, -0.25) is 9.59 Å². The standard InChI is InChI=1S/C27H29N3O3/c1-33-26(31)18-20-7-9-21(10-8-20)22-11-13-23(14-12-22)27(32)28-25-16-15-24(29-30-25)17-19-5-3-2-4-6-19/h2-6,11-16,20-21H,7-10,17-18H2,1H3,(H,28,30,32). The summed E-state index contributed by atoms with van der Waals surface area (Å²) in [6.45, 7) is 0. The van der Waals surface area contributed by atoms with E-state index >= 15 is 0 Å². The Morgan fingerprint density at radius 2 is 1.64 bits per heavy atom. The van der Waals surface area contributed by atoms with Crippen LogP contribution in [0.1, 0.15) is 65.2 Å². The summed E-state index contributed by atoms with van der Waals surface area (Å²) in [5.74, 6) is 1.00. The third-order valence-corrected chi connectivity index (χ3v) is 6.36. The Labute approximate surface area is 194 Å². The first kappa shape index (κ1) is 22.6. The summed E-state index contributed by atoms with van der Waals surface area (Å²) in [6.07, 6.45) is 5.38. The minimum absolute atomic E-state index is 0.121. The van der Waals surface area contributed by atoms with E-state index in [4.69, 9.17) is 4.74 Å². The van der Waals surface area contributed by atoms with Gasteiger partial charge in [0, 0.05) is 18.4 Å². The molecule has 1 aliphatic rings. The summed E-state index contributed by atoms with van der Waals surface area (Å²) in [6, 6.07) is 21.5. The van der Waals surface area contributed by atoms with Crippen LogP contribution in [0.2, 0.25) is 0 Å². The van der Waals surface area contributed by atoms with Crippen LogP contribution in [0, 0.1) is 5.92 Å². The van der Waals surface area contributed by atoms with Crippen molar-refractivity contribution in [3.63, 3.8) is 0 Å². The van der Waals surface area contributed by atoms with Crippen molar-refractivity contribution in [3.05, 3.63) is 89.1 Å². The second-order valence-corrected chi connectivity index (χ2v) is 8.65. The molecule has 1 heterocycles. The Bertz CT molecular complexity index is 1060. The van der Waals surface area contributed by atoms with E-state index in [1.54, 1.807) is 6.07 Å². The van der Waals surface area contributed by atoms with Gasteiger partial charge in [0.2, 0.25) is 0 Å². The monoisotopic (exact) mass is 443 g/mol. The number of hydrogen-bond acceptors (Lipinski definition) is 5. The molecule has 0 unspecified atom stereocenters. The molecule has 1 amide bonds. The van der Waals surface area contributed by atoms with Crippen molar-refractivity contribution in [1.82, 2.24) is 10.2 Å². The van der Waals surface area contributed by atoms with Crippen molar-refractivity contribution in [1.29, 1.82) is 0 Å². The van der Waals surface area contributed by atoms with Gasteiger partial charge in [-0.2, -0.15) is 5.10 Å². The van der Waals surface area contributed by atoms with E-state index in [2.05, 4.69) is 27.6 Å². The predicted molar refractivity (Wildman–Crippen MR) is 127 cm³/mol. The second-order valence-electron chi connectivity index (χ2n) is 8.65. The summed E-state index contributed by atoms with van der Waals surface area (Å²) in [5.41, 5.74) is 3.85. The Hall–Kier alpha value is -3.54. The van der Waals surface area contributed by atoms with Gasteiger partial charge >= 0.3 is 5.97 Å². The average molecular weight is 444 g/mol. The molecule has 170 valence electrons. The largest absolute Gasteiger partial charge is 0.469 e. The maximum atomic E-state index is 12.6. The molecule has 1 saturated carbocycles. The summed E-state index contributed by atoms with van der Waals surface area (Å²) in [7, 11) is 1.44. The molecule has 1 fully saturated rings.